The first-order chi connectivity index (χ1) is 14.8. The van der Waals surface area contributed by atoms with Crippen LogP contribution in [0.1, 0.15) is 66.9 Å². The molecule has 7 heteroatoms. The van der Waals surface area contributed by atoms with Crippen LogP contribution in [-0.2, 0) is 25.7 Å². The predicted molar refractivity (Wildman–Crippen MR) is 125 cm³/mol. The second-order valence-corrected chi connectivity index (χ2v) is 10.0. The number of hydrogen-bond donors (Lipinski definition) is 1. The molecule has 0 aliphatic carbocycles. The number of likely N-dealkylation sites (N-methyl/N-ethyl adjacent to an activating group) is 1. The first-order valence-electron chi connectivity index (χ1n) is 11.3. The van der Waals surface area contributed by atoms with E-state index in [9.17, 15) is 14.4 Å². The van der Waals surface area contributed by atoms with Gasteiger partial charge in [0.25, 0.3) is 0 Å². The van der Waals surface area contributed by atoms with Crippen LogP contribution < -0.4 is 5.32 Å². The largest absolute Gasteiger partial charge is 0.459 e. The molecule has 32 heavy (non-hydrogen) atoms. The van der Waals surface area contributed by atoms with Crippen molar-refractivity contribution >= 4 is 18.0 Å². The zero-order chi connectivity index (χ0) is 24.5. The standard InChI is InChI=1S/C25H40N2O5/c1-17(2)14-20(26-24(30)32-25(5,6)7)22(28)27(8)21(15-18(3)4)23(29)31-16-19-12-10-9-11-13-19/h9-13,17-18,20-21H,14-16H2,1-8H3,(H,26,30)/t20-,21+/m1/s1. The van der Waals surface area contributed by atoms with Gasteiger partial charge in [0.05, 0.1) is 0 Å². The summed E-state index contributed by atoms with van der Waals surface area (Å²) in [7, 11) is 1.59. The van der Waals surface area contributed by atoms with Gasteiger partial charge >= 0.3 is 12.1 Å². The number of rotatable bonds is 10. The van der Waals surface area contributed by atoms with Crippen molar-refractivity contribution in [2.24, 2.45) is 11.8 Å². The van der Waals surface area contributed by atoms with Crippen LogP contribution in [0, 0.1) is 11.8 Å². The Labute approximate surface area is 192 Å². The molecule has 0 unspecified atom stereocenters. The van der Waals surface area contributed by atoms with Gasteiger partial charge in [-0.25, -0.2) is 9.59 Å². The molecule has 2 amide bonds. The lowest BCUT2D eigenvalue weighted by Gasteiger charge is -2.32. The Morgan fingerprint density at radius 1 is 0.969 bits per heavy atom. The molecule has 0 saturated heterocycles. The minimum atomic E-state index is -0.800. The van der Waals surface area contributed by atoms with E-state index in [1.54, 1.807) is 27.8 Å². The molecule has 0 aliphatic rings. The first-order valence-corrected chi connectivity index (χ1v) is 11.3. The van der Waals surface area contributed by atoms with Crippen LogP contribution in [0.25, 0.3) is 0 Å². The first kappa shape index (κ1) is 27.5. The average molecular weight is 449 g/mol. The number of alkyl carbamates (subject to hydrolysis) is 1. The molecule has 0 aliphatic heterocycles. The third-order valence-electron chi connectivity index (χ3n) is 4.70. The van der Waals surface area contributed by atoms with Crippen LogP contribution >= 0.6 is 0 Å². The van der Waals surface area contributed by atoms with E-state index in [0.717, 1.165) is 5.56 Å². The molecule has 1 aromatic rings. The normalized spacial score (nSPS) is 13.4. The molecule has 2 atom stereocenters. The van der Waals surface area contributed by atoms with Gasteiger partial charge in [-0.3, -0.25) is 4.79 Å². The number of esters is 1. The Hall–Kier alpha value is -2.57. The van der Waals surface area contributed by atoms with E-state index in [0.29, 0.717) is 12.8 Å². The molecule has 1 aromatic carbocycles. The van der Waals surface area contributed by atoms with Crippen molar-refractivity contribution in [1.29, 1.82) is 0 Å². The maximum atomic E-state index is 13.3. The highest BCUT2D eigenvalue weighted by Gasteiger charge is 2.34. The summed E-state index contributed by atoms with van der Waals surface area (Å²) in [6.45, 7) is 13.3. The third-order valence-corrected chi connectivity index (χ3v) is 4.70. The SMILES string of the molecule is CC(C)C[C@@H](NC(=O)OC(C)(C)C)C(=O)N(C)[C@@H](CC(C)C)C(=O)OCc1ccccc1. The highest BCUT2D eigenvalue weighted by Crippen LogP contribution is 2.17. The van der Waals surface area contributed by atoms with Crippen molar-refractivity contribution < 1.29 is 23.9 Å². The van der Waals surface area contributed by atoms with Gasteiger partial charge in [-0.1, -0.05) is 58.0 Å². The molecule has 0 radical (unpaired) electrons. The predicted octanol–water partition coefficient (Wildman–Crippen LogP) is 4.54. The second-order valence-electron chi connectivity index (χ2n) is 10.0. The summed E-state index contributed by atoms with van der Waals surface area (Å²) >= 11 is 0. The van der Waals surface area contributed by atoms with Crippen molar-refractivity contribution in [3.63, 3.8) is 0 Å². The highest BCUT2D eigenvalue weighted by molar-refractivity contribution is 5.89. The summed E-state index contributed by atoms with van der Waals surface area (Å²) in [5.41, 5.74) is 0.199. The molecule has 0 aromatic heterocycles. The Bertz CT molecular complexity index is 740. The van der Waals surface area contributed by atoms with Crippen LogP contribution in [0.2, 0.25) is 0 Å². The molecule has 1 rings (SSSR count). The van der Waals surface area contributed by atoms with Gasteiger partial charge in [-0.15, -0.1) is 0 Å². The van der Waals surface area contributed by atoms with Crippen LogP contribution in [0.5, 0.6) is 0 Å². The molecule has 180 valence electrons. The Kier molecular flexibility index (Phi) is 10.7. The maximum Gasteiger partial charge on any atom is 0.408 e. The van der Waals surface area contributed by atoms with E-state index in [1.165, 1.54) is 4.90 Å². The van der Waals surface area contributed by atoms with Gasteiger partial charge in [-0.05, 0) is 51.0 Å². The van der Waals surface area contributed by atoms with Crippen molar-refractivity contribution in [3.05, 3.63) is 35.9 Å². The number of ether oxygens (including phenoxy) is 2. The molecular weight excluding hydrogens is 408 g/mol. The molecule has 0 bridgehead atoms. The number of carbonyl (C=O) groups is 3. The molecule has 0 spiro atoms. The minimum Gasteiger partial charge on any atom is -0.459 e. The number of nitrogens with zero attached hydrogens (tertiary/aromatic N) is 1. The van der Waals surface area contributed by atoms with E-state index in [1.807, 2.05) is 58.0 Å². The van der Waals surface area contributed by atoms with Gasteiger partial charge in [0.2, 0.25) is 5.91 Å². The van der Waals surface area contributed by atoms with Crippen molar-refractivity contribution in [3.8, 4) is 0 Å². The monoisotopic (exact) mass is 448 g/mol. The lowest BCUT2D eigenvalue weighted by molar-refractivity contribution is -0.156. The molecule has 1 N–H and O–H groups in total. The number of nitrogens with one attached hydrogen (secondary N) is 1. The van der Waals surface area contributed by atoms with E-state index >= 15 is 0 Å². The van der Waals surface area contributed by atoms with Crippen LogP contribution in [-0.4, -0.2) is 47.6 Å². The molecule has 7 nitrogen and oxygen atoms in total. The summed E-state index contributed by atoms with van der Waals surface area (Å²) in [4.78, 5) is 40.0. The van der Waals surface area contributed by atoms with Crippen LogP contribution in [0.4, 0.5) is 4.79 Å². The second kappa shape index (κ2) is 12.5. The van der Waals surface area contributed by atoms with E-state index < -0.39 is 29.7 Å². The highest BCUT2D eigenvalue weighted by atomic mass is 16.6. The van der Waals surface area contributed by atoms with Crippen LogP contribution in [0.3, 0.4) is 0 Å². The topological polar surface area (TPSA) is 84.9 Å². The van der Waals surface area contributed by atoms with Gasteiger partial charge in [0, 0.05) is 7.05 Å². The summed E-state index contributed by atoms with van der Waals surface area (Å²) in [5, 5.41) is 2.69. The fourth-order valence-corrected chi connectivity index (χ4v) is 3.23. The lowest BCUT2D eigenvalue weighted by Crippen LogP contribution is -2.53. The van der Waals surface area contributed by atoms with Gasteiger partial charge in [0.15, 0.2) is 0 Å². The number of carbonyl (C=O) groups excluding carboxylic acids is 3. The van der Waals surface area contributed by atoms with E-state index in [-0.39, 0.29) is 24.3 Å². The van der Waals surface area contributed by atoms with Crippen LogP contribution in [0.15, 0.2) is 30.3 Å². The van der Waals surface area contributed by atoms with Gasteiger partial charge in [0.1, 0.15) is 24.3 Å². The minimum absolute atomic E-state index is 0.141. The summed E-state index contributed by atoms with van der Waals surface area (Å²) in [6.07, 6.45) is 0.226. The smallest absolute Gasteiger partial charge is 0.408 e. The molecule has 0 saturated carbocycles. The number of amides is 2. The average Bonchev–Trinajstić information content (AvgIpc) is 2.67. The fraction of sp³-hybridized carbons (Fsp3) is 0.640. The van der Waals surface area contributed by atoms with Crippen molar-refractivity contribution in [2.45, 2.75) is 85.6 Å². The van der Waals surface area contributed by atoms with Gasteiger partial charge < -0.3 is 19.7 Å². The molecular formula is C25H40N2O5. The lowest BCUT2D eigenvalue weighted by atomic mass is 9.99. The quantitative estimate of drug-likeness (QED) is 0.531. The third kappa shape index (κ3) is 10.2. The Balaban J connectivity index is 2.97. The van der Waals surface area contributed by atoms with Gasteiger partial charge in [-0.2, -0.15) is 0 Å². The van der Waals surface area contributed by atoms with Crippen molar-refractivity contribution in [1.82, 2.24) is 10.2 Å². The van der Waals surface area contributed by atoms with E-state index in [4.69, 9.17) is 9.47 Å². The fourth-order valence-electron chi connectivity index (χ4n) is 3.23. The summed E-state index contributed by atoms with van der Waals surface area (Å²) in [6, 6.07) is 7.86. The maximum absolute atomic E-state index is 13.3. The summed E-state index contributed by atoms with van der Waals surface area (Å²) < 4.78 is 10.9. The number of benzene rings is 1. The zero-order valence-corrected chi connectivity index (χ0v) is 20.8. The zero-order valence-electron chi connectivity index (χ0n) is 20.8. The Morgan fingerprint density at radius 2 is 1.53 bits per heavy atom. The van der Waals surface area contributed by atoms with Crippen molar-refractivity contribution in [2.75, 3.05) is 7.05 Å². The number of hydrogen-bond acceptors (Lipinski definition) is 5. The molecule has 0 fully saturated rings. The molecule has 0 heterocycles. The Morgan fingerprint density at radius 3 is 2.03 bits per heavy atom. The summed E-state index contributed by atoms with van der Waals surface area (Å²) in [5.74, 6) is -0.478. The van der Waals surface area contributed by atoms with E-state index in [2.05, 4.69) is 5.32 Å².